The van der Waals surface area contributed by atoms with Gasteiger partial charge in [-0.3, -0.25) is 9.00 Å². The lowest BCUT2D eigenvalue weighted by Gasteiger charge is -2.18. The second kappa shape index (κ2) is 8.31. The molecule has 0 N–H and O–H groups in total. The Bertz CT molecular complexity index is 698. The molecule has 0 aliphatic carbocycles. The molecule has 0 fully saturated rings. The Morgan fingerprint density at radius 2 is 1.83 bits per heavy atom. The normalized spacial score (nSPS) is 12.0. The highest BCUT2D eigenvalue weighted by atomic mass is 32.2. The summed E-state index contributed by atoms with van der Waals surface area (Å²) in [5.41, 5.74) is 2.66. The standard InChI is InChI=1S/C18H21NO2S2/c1-19(12-14-7-9-17(22-2)10-8-14)18(20)16-6-4-5-15(11-16)13-23(3)21/h4-11H,12-13H2,1-3H3. The second-order valence-electron chi connectivity index (χ2n) is 5.43. The lowest BCUT2D eigenvalue weighted by Crippen LogP contribution is -2.26. The van der Waals surface area contributed by atoms with Gasteiger partial charge < -0.3 is 4.90 Å². The molecule has 1 atom stereocenters. The van der Waals surface area contributed by atoms with Crippen LogP contribution in [0.2, 0.25) is 0 Å². The van der Waals surface area contributed by atoms with Crippen molar-refractivity contribution in [1.29, 1.82) is 0 Å². The first kappa shape index (κ1) is 17.8. The fraction of sp³-hybridized carbons (Fsp3) is 0.278. The van der Waals surface area contributed by atoms with Gasteiger partial charge in [-0.15, -0.1) is 11.8 Å². The lowest BCUT2D eigenvalue weighted by molar-refractivity contribution is 0.0785. The van der Waals surface area contributed by atoms with E-state index in [1.54, 1.807) is 36.0 Å². The molecule has 0 aliphatic heterocycles. The number of hydrogen-bond acceptors (Lipinski definition) is 3. The summed E-state index contributed by atoms with van der Waals surface area (Å²) >= 11 is 1.70. The highest BCUT2D eigenvalue weighted by molar-refractivity contribution is 7.98. The molecule has 3 nitrogen and oxygen atoms in total. The third kappa shape index (κ3) is 5.22. The first-order chi connectivity index (χ1) is 11.0. The van der Waals surface area contributed by atoms with Crippen LogP contribution in [0.5, 0.6) is 0 Å². The highest BCUT2D eigenvalue weighted by Crippen LogP contribution is 2.16. The summed E-state index contributed by atoms with van der Waals surface area (Å²) in [7, 11) is 0.891. The number of amides is 1. The van der Waals surface area contributed by atoms with Gasteiger partial charge in [-0.1, -0.05) is 24.3 Å². The van der Waals surface area contributed by atoms with Crippen LogP contribution >= 0.6 is 11.8 Å². The van der Waals surface area contributed by atoms with Crippen LogP contribution in [0.25, 0.3) is 0 Å². The van der Waals surface area contributed by atoms with Gasteiger partial charge in [-0.05, 0) is 41.6 Å². The first-order valence-electron chi connectivity index (χ1n) is 7.27. The summed E-state index contributed by atoms with van der Waals surface area (Å²) in [6.45, 7) is 0.567. The third-order valence-corrected chi connectivity index (χ3v) is 4.95. The van der Waals surface area contributed by atoms with Crippen LogP contribution in [0, 0.1) is 0 Å². The Kier molecular flexibility index (Phi) is 6.42. The number of nitrogens with zero attached hydrogens (tertiary/aromatic N) is 1. The molecule has 2 rings (SSSR count). The van der Waals surface area contributed by atoms with E-state index in [2.05, 4.69) is 12.1 Å². The quantitative estimate of drug-likeness (QED) is 0.750. The SMILES string of the molecule is CSc1ccc(CN(C)C(=O)c2cccc(CS(C)=O)c2)cc1. The molecule has 2 aromatic carbocycles. The van der Waals surface area contributed by atoms with E-state index in [0.717, 1.165) is 11.1 Å². The maximum Gasteiger partial charge on any atom is 0.253 e. The molecule has 2 aromatic rings. The molecule has 23 heavy (non-hydrogen) atoms. The minimum Gasteiger partial charge on any atom is -0.337 e. The summed E-state index contributed by atoms with van der Waals surface area (Å²) in [6.07, 6.45) is 3.71. The molecule has 0 radical (unpaired) electrons. The number of benzene rings is 2. The van der Waals surface area contributed by atoms with Crippen LogP contribution in [0.15, 0.2) is 53.4 Å². The van der Waals surface area contributed by atoms with Gasteiger partial charge in [0.25, 0.3) is 5.91 Å². The molecule has 0 heterocycles. The van der Waals surface area contributed by atoms with Crippen molar-refractivity contribution < 1.29 is 9.00 Å². The maximum absolute atomic E-state index is 12.6. The molecule has 0 saturated heterocycles. The molecule has 122 valence electrons. The van der Waals surface area contributed by atoms with Crippen molar-refractivity contribution in [2.75, 3.05) is 19.6 Å². The monoisotopic (exact) mass is 347 g/mol. The van der Waals surface area contributed by atoms with Crippen molar-refractivity contribution in [3.05, 3.63) is 65.2 Å². The van der Waals surface area contributed by atoms with Gasteiger partial charge in [-0.25, -0.2) is 0 Å². The van der Waals surface area contributed by atoms with Gasteiger partial charge in [0.1, 0.15) is 0 Å². The van der Waals surface area contributed by atoms with Crippen molar-refractivity contribution in [2.24, 2.45) is 0 Å². The first-order valence-corrected chi connectivity index (χ1v) is 10.2. The van der Waals surface area contributed by atoms with E-state index in [1.807, 2.05) is 36.6 Å². The molecule has 0 aromatic heterocycles. The number of hydrogen-bond donors (Lipinski definition) is 0. The molecule has 0 saturated carbocycles. The number of thioether (sulfide) groups is 1. The van der Waals surface area contributed by atoms with Crippen LogP contribution in [-0.4, -0.2) is 34.6 Å². The zero-order chi connectivity index (χ0) is 16.8. The minimum atomic E-state index is -0.910. The molecule has 5 heteroatoms. The molecule has 0 aliphatic rings. The van der Waals surface area contributed by atoms with Crippen LogP contribution in [0.3, 0.4) is 0 Å². The molecule has 0 bridgehead atoms. The summed E-state index contributed by atoms with van der Waals surface area (Å²) < 4.78 is 11.3. The van der Waals surface area contributed by atoms with Crippen LogP contribution in [0.4, 0.5) is 0 Å². The number of carbonyl (C=O) groups excluding carboxylic acids is 1. The fourth-order valence-corrected chi connectivity index (χ4v) is 3.38. The van der Waals surface area contributed by atoms with Gasteiger partial charge in [0.05, 0.1) is 0 Å². The van der Waals surface area contributed by atoms with E-state index in [1.165, 1.54) is 4.90 Å². The van der Waals surface area contributed by atoms with Gasteiger partial charge in [0.15, 0.2) is 0 Å². The van der Waals surface area contributed by atoms with E-state index in [0.29, 0.717) is 17.9 Å². The predicted molar refractivity (Wildman–Crippen MR) is 98.2 cm³/mol. The van der Waals surface area contributed by atoms with E-state index in [4.69, 9.17) is 0 Å². The Morgan fingerprint density at radius 1 is 1.13 bits per heavy atom. The average Bonchev–Trinajstić information content (AvgIpc) is 2.54. The summed E-state index contributed by atoms with van der Waals surface area (Å²) in [5, 5.41) is 0. The van der Waals surface area contributed by atoms with E-state index in [-0.39, 0.29) is 5.91 Å². The van der Waals surface area contributed by atoms with E-state index < -0.39 is 10.8 Å². The van der Waals surface area contributed by atoms with Crippen molar-refractivity contribution in [3.63, 3.8) is 0 Å². The predicted octanol–water partition coefficient (Wildman–Crippen LogP) is 3.56. The topological polar surface area (TPSA) is 37.4 Å². The molecule has 1 unspecified atom stereocenters. The van der Waals surface area contributed by atoms with E-state index >= 15 is 0 Å². The van der Waals surface area contributed by atoms with Crippen molar-refractivity contribution >= 4 is 28.5 Å². The maximum atomic E-state index is 12.6. The van der Waals surface area contributed by atoms with Crippen molar-refractivity contribution in [3.8, 4) is 0 Å². The molecule has 1 amide bonds. The Labute approximate surface area is 144 Å². The number of rotatable bonds is 6. The van der Waals surface area contributed by atoms with Crippen LogP contribution in [-0.2, 0) is 23.1 Å². The second-order valence-corrected chi connectivity index (χ2v) is 7.74. The highest BCUT2D eigenvalue weighted by Gasteiger charge is 2.12. The van der Waals surface area contributed by atoms with Gasteiger partial charge >= 0.3 is 0 Å². The summed E-state index contributed by atoms with van der Waals surface area (Å²) in [6, 6.07) is 15.6. The largest absolute Gasteiger partial charge is 0.337 e. The van der Waals surface area contributed by atoms with Crippen molar-refractivity contribution in [2.45, 2.75) is 17.2 Å². The van der Waals surface area contributed by atoms with Gasteiger partial charge in [0, 0.05) is 46.9 Å². The van der Waals surface area contributed by atoms with Crippen LogP contribution in [0.1, 0.15) is 21.5 Å². The zero-order valence-corrected chi connectivity index (χ0v) is 15.2. The molecular formula is C18H21NO2S2. The van der Waals surface area contributed by atoms with E-state index in [9.17, 15) is 9.00 Å². The van der Waals surface area contributed by atoms with Gasteiger partial charge in [0.2, 0.25) is 0 Å². The Hall–Kier alpha value is -1.59. The Morgan fingerprint density at radius 3 is 2.43 bits per heavy atom. The average molecular weight is 348 g/mol. The molecule has 0 spiro atoms. The third-order valence-electron chi connectivity index (χ3n) is 3.47. The Balaban J connectivity index is 2.07. The lowest BCUT2D eigenvalue weighted by atomic mass is 10.1. The minimum absolute atomic E-state index is 0.0253. The van der Waals surface area contributed by atoms with Gasteiger partial charge in [-0.2, -0.15) is 0 Å². The summed E-state index contributed by atoms with van der Waals surface area (Å²) in [4.78, 5) is 15.5. The number of carbonyl (C=O) groups is 1. The zero-order valence-electron chi connectivity index (χ0n) is 13.6. The summed E-state index contributed by atoms with van der Waals surface area (Å²) in [5.74, 6) is 0.448. The fourth-order valence-electron chi connectivity index (χ4n) is 2.33. The molecular weight excluding hydrogens is 326 g/mol. The van der Waals surface area contributed by atoms with Crippen LogP contribution < -0.4 is 0 Å². The van der Waals surface area contributed by atoms with Crippen molar-refractivity contribution in [1.82, 2.24) is 4.90 Å². The smallest absolute Gasteiger partial charge is 0.253 e.